The Morgan fingerprint density at radius 2 is 1.81 bits per heavy atom. The van der Waals surface area contributed by atoms with Crippen molar-refractivity contribution in [3.63, 3.8) is 0 Å². The number of aliphatic imine (C=N–C) groups is 1. The number of halogens is 2. The quantitative estimate of drug-likeness (QED) is 0.352. The van der Waals surface area contributed by atoms with Gasteiger partial charge in [0.1, 0.15) is 11.5 Å². The Labute approximate surface area is 177 Å². The normalized spacial score (nSPS) is 10.7. The molecule has 0 spiro atoms. The van der Waals surface area contributed by atoms with Crippen molar-refractivity contribution in [2.24, 2.45) is 4.99 Å². The minimum absolute atomic E-state index is 0. The van der Waals surface area contributed by atoms with Gasteiger partial charge in [0, 0.05) is 36.8 Å². The van der Waals surface area contributed by atoms with E-state index in [1.165, 1.54) is 0 Å². The van der Waals surface area contributed by atoms with Crippen LogP contribution in [0, 0.1) is 0 Å². The fourth-order valence-corrected chi connectivity index (χ4v) is 2.64. The molecule has 0 aliphatic carbocycles. The number of methoxy groups -OCH3 is 2. The second-order valence-electron chi connectivity index (χ2n) is 5.37. The minimum Gasteiger partial charge on any atom is -0.497 e. The molecule has 0 atom stereocenters. The van der Waals surface area contributed by atoms with Crippen molar-refractivity contribution in [1.29, 1.82) is 0 Å². The van der Waals surface area contributed by atoms with E-state index in [2.05, 4.69) is 15.6 Å². The zero-order valence-electron chi connectivity index (χ0n) is 15.2. The molecule has 2 N–H and O–H groups in total. The fraction of sp³-hybridized carbons (Fsp3) is 0.316. The summed E-state index contributed by atoms with van der Waals surface area (Å²) in [5, 5.41) is 7.36. The Morgan fingerprint density at radius 1 is 1.04 bits per heavy atom. The molecule has 0 bridgehead atoms. The first-order chi connectivity index (χ1) is 12.2. The molecule has 0 amide bonds. The van der Waals surface area contributed by atoms with Gasteiger partial charge < -0.3 is 20.1 Å². The van der Waals surface area contributed by atoms with Crippen LogP contribution in [0.15, 0.2) is 47.5 Å². The summed E-state index contributed by atoms with van der Waals surface area (Å²) in [6.07, 6.45) is 0.826. The predicted octanol–water partition coefficient (Wildman–Crippen LogP) is 3.88. The average Bonchev–Trinajstić information content (AvgIpc) is 2.65. The Bertz CT molecular complexity index is 726. The number of nitrogens with zero attached hydrogens (tertiary/aromatic N) is 1. The van der Waals surface area contributed by atoms with Crippen LogP contribution >= 0.6 is 35.6 Å². The Kier molecular flexibility index (Phi) is 10.2. The highest BCUT2D eigenvalue weighted by atomic mass is 127. The van der Waals surface area contributed by atoms with Crippen LogP contribution < -0.4 is 20.1 Å². The van der Waals surface area contributed by atoms with Gasteiger partial charge in [0.15, 0.2) is 5.96 Å². The van der Waals surface area contributed by atoms with Crippen molar-refractivity contribution in [2.45, 2.75) is 13.0 Å². The SMILES string of the molecule is CN=C(NCCc1ccccc1Cl)NCc1ccc(OC)cc1OC.I. The lowest BCUT2D eigenvalue weighted by molar-refractivity contribution is 0.390. The Balaban J connectivity index is 0.00000338. The van der Waals surface area contributed by atoms with Crippen LogP contribution in [-0.2, 0) is 13.0 Å². The molecule has 0 saturated carbocycles. The molecule has 0 aromatic heterocycles. The van der Waals surface area contributed by atoms with E-state index >= 15 is 0 Å². The third-order valence-corrected chi connectivity index (χ3v) is 4.18. The lowest BCUT2D eigenvalue weighted by atomic mass is 10.1. The third-order valence-electron chi connectivity index (χ3n) is 3.81. The van der Waals surface area contributed by atoms with Gasteiger partial charge in [-0.2, -0.15) is 0 Å². The highest BCUT2D eigenvalue weighted by Gasteiger charge is 2.06. The molecular weight excluding hydrogens is 465 g/mol. The standard InChI is InChI=1S/C19H24ClN3O2.HI/c1-21-19(22-11-10-14-6-4-5-7-17(14)20)23-13-15-8-9-16(24-2)12-18(15)25-3;/h4-9,12H,10-11,13H2,1-3H3,(H2,21,22,23);1H. The van der Waals surface area contributed by atoms with Gasteiger partial charge in [0.05, 0.1) is 14.2 Å². The summed E-state index contributed by atoms with van der Waals surface area (Å²) in [4.78, 5) is 4.24. The van der Waals surface area contributed by atoms with Gasteiger partial charge in [-0.3, -0.25) is 4.99 Å². The van der Waals surface area contributed by atoms with Crippen molar-refractivity contribution in [2.75, 3.05) is 27.8 Å². The van der Waals surface area contributed by atoms with Gasteiger partial charge >= 0.3 is 0 Å². The molecule has 0 aliphatic rings. The van der Waals surface area contributed by atoms with Crippen LogP contribution in [0.2, 0.25) is 5.02 Å². The summed E-state index contributed by atoms with van der Waals surface area (Å²) >= 11 is 6.17. The van der Waals surface area contributed by atoms with Crippen molar-refractivity contribution in [1.82, 2.24) is 10.6 Å². The highest BCUT2D eigenvalue weighted by molar-refractivity contribution is 14.0. The smallest absolute Gasteiger partial charge is 0.191 e. The van der Waals surface area contributed by atoms with Crippen LogP contribution in [0.3, 0.4) is 0 Å². The third kappa shape index (κ3) is 6.57. The molecule has 0 aliphatic heterocycles. The second-order valence-corrected chi connectivity index (χ2v) is 5.78. The van der Waals surface area contributed by atoms with Gasteiger partial charge in [-0.25, -0.2) is 0 Å². The maximum atomic E-state index is 6.17. The van der Waals surface area contributed by atoms with E-state index < -0.39 is 0 Å². The van der Waals surface area contributed by atoms with Gasteiger partial charge in [-0.05, 0) is 30.2 Å². The molecule has 0 saturated heterocycles. The van der Waals surface area contributed by atoms with E-state index in [4.69, 9.17) is 21.1 Å². The van der Waals surface area contributed by atoms with Crippen LogP contribution in [-0.4, -0.2) is 33.8 Å². The summed E-state index contributed by atoms with van der Waals surface area (Å²) in [6, 6.07) is 13.6. The van der Waals surface area contributed by atoms with E-state index in [1.54, 1.807) is 21.3 Å². The summed E-state index contributed by atoms with van der Waals surface area (Å²) in [5.41, 5.74) is 2.14. The monoisotopic (exact) mass is 489 g/mol. The number of nitrogens with one attached hydrogen (secondary N) is 2. The summed E-state index contributed by atoms with van der Waals surface area (Å²) < 4.78 is 10.6. The van der Waals surface area contributed by atoms with Gasteiger partial charge in [-0.15, -0.1) is 24.0 Å². The molecule has 7 heteroatoms. The first kappa shape index (κ1) is 22.4. The number of benzene rings is 2. The molecule has 26 heavy (non-hydrogen) atoms. The predicted molar refractivity (Wildman–Crippen MR) is 118 cm³/mol. The highest BCUT2D eigenvalue weighted by Crippen LogP contribution is 2.24. The number of rotatable bonds is 7. The topological polar surface area (TPSA) is 54.9 Å². The van der Waals surface area contributed by atoms with Crippen LogP contribution in [0.1, 0.15) is 11.1 Å². The first-order valence-electron chi connectivity index (χ1n) is 8.06. The van der Waals surface area contributed by atoms with Crippen LogP contribution in [0.25, 0.3) is 0 Å². The zero-order valence-corrected chi connectivity index (χ0v) is 18.3. The Hall–Kier alpha value is -1.67. The van der Waals surface area contributed by atoms with Crippen molar-refractivity contribution < 1.29 is 9.47 Å². The summed E-state index contributed by atoms with van der Waals surface area (Å²) in [6.45, 7) is 1.34. The molecule has 2 aromatic rings. The summed E-state index contributed by atoms with van der Waals surface area (Å²) in [7, 11) is 5.03. The number of hydrogen-bond acceptors (Lipinski definition) is 3. The molecule has 142 valence electrons. The number of guanidine groups is 1. The second kappa shape index (κ2) is 11.9. The molecule has 2 rings (SSSR count). The van der Waals surface area contributed by atoms with Crippen molar-refractivity contribution in [3.8, 4) is 11.5 Å². The Morgan fingerprint density at radius 3 is 2.46 bits per heavy atom. The average molecular weight is 490 g/mol. The van der Waals surface area contributed by atoms with Gasteiger partial charge in [-0.1, -0.05) is 29.8 Å². The minimum atomic E-state index is 0. The molecule has 0 heterocycles. The van der Waals surface area contributed by atoms with E-state index in [1.807, 2.05) is 42.5 Å². The lowest BCUT2D eigenvalue weighted by Crippen LogP contribution is -2.37. The first-order valence-corrected chi connectivity index (χ1v) is 8.44. The number of hydrogen-bond donors (Lipinski definition) is 2. The maximum absolute atomic E-state index is 6.17. The molecular formula is C19H25ClIN3O2. The van der Waals surface area contributed by atoms with E-state index in [-0.39, 0.29) is 24.0 Å². The fourth-order valence-electron chi connectivity index (χ4n) is 2.41. The number of ether oxygens (including phenoxy) is 2. The molecule has 0 fully saturated rings. The van der Waals surface area contributed by atoms with Crippen molar-refractivity contribution >= 4 is 41.5 Å². The molecule has 0 unspecified atom stereocenters. The molecule has 2 aromatic carbocycles. The molecule has 0 radical (unpaired) electrons. The molecule has 5 nitrogen and oxygen atoms in total. The summed E-state index contributed by atoms with van der Waals surface area (Å²) in [5.74, 6) is 2.27. The largest absolute Gasteiger partial charge is 0.497 e. The van der Waals surface area contributed by atoms with Gasteiger partial charge in [0.2, 0.25) is 0 Å². The van der Waals surface area contributed by atoms with Gasteiger partial charge in [0.25, 0.3) is 0 Å². The zero-order chi connectivity index (χ0) is 18.1. The van der Waals surface area contributed by atoms with E-state index in [0.29, 0.717) is 6.54 Å². The van der Waals surface area contributed by atoms with E-state index in [9.17, 15) is 0 Å². The van der Waals surface area contributed by atoms with Crippen molar-refractivity contribution in [3.05, 3.63) is 58.6 Å². The van der Waals surface area contributed by atoms with Crippen LogP contribution in [0.4, 0.5) is 0 Å². The van der Waals surface area contributed by atoms with E-state index in [0.717, 1.165) is 46.6 Å². The maximum Gasteiger partial charge on any atom is 0.191 e. The van der Waals surface area contributed by atoms with Crippen LogP contribution in [0.5, 0.6) is 11.5 Å². The lowest BCUT2D eigenvalue weighted by Gasteiger charge is -2.14.